The maximum absolute atomic E-state index is 14.5. The number of hydrogen-bond acceptors (Lipinski definition) is 1. The molecule has 0 heterocycles. The van der Waals surface area contributed by atoms with Crippen molar-refractivity contribution in [2.45, 2.75) is 59.5 Å². The lowest BCUT2D eigenvalue weighted by Crippen LogP contribution is -2.44. The van der Waals surface area contributed by atoms with Crippen LogP contribution in [0, 0.1) is 37.4 Å². The molecule has 1 fully saturated rings. The van der Waals surface area contributed by atoms with Crippen LogP contribution in [-0.4, -0.2) is 5.11 Å². The molecule has 1 nitrogen and oxygen atoms in total. The normalized spacial score (nSPS) is 30.8. The predicted octanol–water partition coefficient (Wildman–Crippen LogP) is 4.72. The van der Waals surface area contributed by atoms with Gasteiger partial charge in [0.2, 0.25) is 0 Å². The van der Waals surface area contributed by atoms with Gasteiger partial charge in [0.1, 0.15) is 5.82 Å². The van der Waals surface area contributed by atoms with Crippen LogP contribution in [0.15, 0.2) is 12.1 Å². The molecule has 0 bridgehead atoms. The summed E-state index contributed by atoms with van der Waals surface area (Å²) in [6.45, 7) is 10.2. The molecule has 3 unspecified atom stereocenters. The Morgan fingerprint density at radius 1 is 1.25 bits per heavy atom. The van der Waals surface area contributed by atoms with E-state index in [9.17, 15) is 9.50 Å². The van der Waals surface area contributed by atoms with Crippen molar-refractivity contribution < 1.29 is 9.50 Å². The monoisotopic (exact) mass is 278 g/mol. The fourth-order valence-electron chi connectivity index (χ4n) is 4.12. The molecule has 20 heavy (non-hydrogen) atoms. The first-order valence-electron chi connectivity index (χ1n) is 7.75. The summed E-state index contributed by atoms with van der Waals surface area (Å²) in [5, 5.41) is 11.4. The lowest BCUT2D eigenvalue weighted by molar-refractivity contribution is -0.0892. The Balaban J connectivity index is 2.56. The number of benzene rings is 1. The topological polar surface area (TPSA) is 20.2 Å². The lowest BCUT2D eigenvalue weighted by Gasteiger charge is -2.45. The number of halogens is 1. The van der Waals surface area contributed by atoms with E-state index in [0.29, 0.717) is 23.8 Å². The fourth-order valence-corrected chi connectivity index (χ4v) is 4.12. The molecule has 2 heteroatoms. The Hall–Kier alpha value is -0.890. The minimum absolute atomic E-state index is 0.134. The van der Waals surface area contributed by atoms with Gasteiger partial charge in [0, 0.05) is 5.56 Å². The molecular formula is C18H27FO. The zero-order valence-electron chi connectivity index (χ0n) is 13.3. The van der Waals surface area contributed by atoms with E-state index in [0.717, 1.165) is 24.0 Å². The van der Waals surface area contributed by atoms with Gasteiger partial charge in [-0.2, -0.15) is 0 Å². The van der Waals surface area contributed by atoms with Crippen LogP contribution >= 0.6 is 0 Å². The second kappa shape index (κ2) is 5.48. The van der Waals surface area contributed by atoms with Crippen molar-refractivity contribution >= 4 is 0 Å². The smallest absolute Gasteiger partial charge is 0.129 e. The maximum Gasteiger partial charge on any atom is 0.129 e. The molecular weight excluding hydrogens is 251 g/mol. The van der Waals surface area contributed by atoms with Gasteiger partial charge in [-0.25, -0.2) is 4.39 Å². The molecule has 1 aromatic rings. The molecule has 0 aliphatic heterocycles. The highest BCUT2D eigenvalue weighted by Crippen LogP contribution is 2.48. The van der Waals surface area contributed by atoms with Gasteiger partial charge in [-0.15, -0.1) is 0 Å². The van der Waals surface area contributed by atoms with Crippen LogP contribution in [0.5, 0.6) is 0 Å². The summed E-state index contributed by atoms with van der Waals surface area (Å²) in [5.74, 6) is 0.682. The molecule has 1 N–H and O–H groups in total. The van der Waals surface area contributed by atoms with E-state index >= 15 is 0 Å². The Morgan fingerprint density at radius 3 is 2.45 bits per heavy atom. The van der Waals surface area contributed by atoms with Crippen LogP contribution in [-0.2, 0) is 5.60 Å². The first-order valence-corrected chi connectivity index (χ1v) is 7.75. The minimum atomic E-state index is -1.02. The molecule has 1 aromatic carbocycles. The fraction of sp³-hybridized carbons (Fsp3) is 0.667. The van der Waals surface area contributed by atoms with Crippen LogP contribution in [0.2, 0.25) is 0 Å². The molecule has 0 saturated heterocycles. The minimum Gasteiger partial charge on any atom is -0.385 e. The number of aryl methyl sites for hydroxylation is 2. The number of aliphatic hydroxyl groups is 1. The van der Waals surface area contributed by atoms with Gasteiger partial charge in [0.15, 0.2) is 0 Å². The van der Waals surface area contributed by atoms with E-state index in [1.165, 1.54) is 0 Å². The van der Waals surface area contributed by atoms with Crippen molar-refractivity contribution in [2.24, 2.45) is 17.8 Å². The largest absolute Gasteiger partial charge is 0.385 e. The van der Waals surface area contributed by atoms with E-state index < -0.39 is 5.60 Å². The number of rotatable bonds is 2. The van der Waals surface area contributed by atoms with Crippen molar-refractivity contribution in [3.8, 4) is 0 Å². The van der Waals surface area contributed by atoms with Crippen molar-refractivity contribution in [2.75, 3.05) is 0 Å². The van der Waals surface area contributed by atoms with E-state index in [1.807, 2.05) is 19.9 Å². The van der Waals surface area contributed by atoms with E-state index in [2.05, 4.69) is 20.8 Å². The van der Waals surface area contributed by atoms with Gasteiger partial charge in [-0.05, 0) is 61.6 Å². The summed E-state index contributed by atoms with van der Waals surface area (Å²) < 4.78 is 14.5. The van der Waals surface area contributed by atoms with Gasteiger partial charge in [0.05, 0.1) is 5.60 Å². The van der Waals surface area contributed by atoms with Gasteiger partial charge in [0.25, 0.3) is 0 Å². The molecule has 112 valence electrons. The van der Waals surface area contributed by atoms with Crippen molar-refractivity contribution in [3.63, 3.8) is 0 Å². The number of hydrogen-bond donors (Lipinski definition) is 1. The third-order valence-electron chi connectivity index (χ3n) is 4.91. The molecule has 0 aromatic heterocycles. The van der Waals surface area contributed by atoms with Crippen LogP contribution < -0.4 is 0 Å². The SMILES string of the molecule is Cc1cc(C)c(C2(O)CC(C)CCC2C(C)C)c(F)c1. The summed E-state index contributed by atoms with van der Waals surface area (Å²) in [5.41, 5.74) is 1.31. The summed E-state index contributed by atoms with van der Waals surface area (Å²) in [4.78, 5) is 0. The maximum atomic E-state index is 14.5. The first-order chi connectivity index (χ1) is 9.25. The van der Waals surface area contributed by atoms with Crippen molar-refractivity contribution in [3.05, 3.63) is 34.6 Å². The average Bonchev–Trinajstić information content (AvgIpc) is 2.25. The average molecular weight is 278 g/mol. The second-order valence-corrected chi connectivity index (χ2v) is 7.10. The Kier molecular flexibility index (Phi) is 4.24. The summed E-state index contributed by atoms with van der Waals surface area (Å²) in [6.07, 6.45) is 2.76. The summed E-state index contributed by atoms with van der Waals surface area (Å²) in [6, 6.07) is 3.53. The highest BCUT2D eigenvalue weighted by Gasteiger charge is 2.46. The molecule has 3 atom stereocenters. The molecule has 2 rings (SSSR count). The third-order valence-corrected chi connectivity index (χ3v) is 4.91. The molecule has 1 aliphatic rings. The van der Waals surface area contributed by atoms with Crippen molar-refractivity contribution in [1.29, 1.82) is 0 Å². The summed E-state index contributed by atoms with van der Waals surface area (Å²) >= 11 is 0. The molecule has 1 saturated carbocycles. The van der Waals surface area contributed by atoms with Crippen LogP contribution in [0.1, 0.15) is 56.7 Å². The zero-order chi connectivity index (χ0) is 15.1. The quantitative estimate of drug-likeness (QED) is 0.829. The lowest BCUT2D eigenvalue weighted by atomic mass is 9.63. The predicted molar refractivity (Wildman–Crippen MR) is 81.1 cm³/mol. The van der Waals surface area contributed by atoms with Gasteiger partial charge in [-0.3, -0.25) is 0 Å². The van der Waals surface area contributed by atoms with Crippen molar-refractivity contribution in [1.82, 2.24) is 0 Å². The summed E-state index contributed by atoms with van der Waals surface area (Å²) in [7, 11) is 0. The third kappa shape index (κ3) is 2.63. The Labute approximate surface area is 122 Å². The molecule has 1 aliphatic carbocycles. The zero-order valence-corrected chi connectivity index (χ0v) is 13.3. The molecule has 0 spiro atoms. The van der Waals surface area contributed by atoms with Crippen LogP contribution in [0.4, 0.5) is 4.39 Å². The molecule has 0 radical (unpaired) electrons. The Morgan fingerprint density at radius 2 is 1.90 bits per heavy atom. The van der Waals surface area contributed by atoms with Crippen LogP contribution in [0.3, 0.4) is 0 Å². The van der Waals surface area contributed by atoms with E-state index in [1.54, 1.807) is 6.07 Å². The highest BCUT2D eigenvalue weighted by atomic mass is 19.1. The van der Waals surface area contributed by atoms with Crippen LogP contribution in [0.25, 0.3) is 0 Å². The van der Waals surface area contributed by atoms with Gasteiger partial charge < -0.3 is 5.11 Å². The van der Waals surface area contributed by atoms with E-state index in [4.69, 9.17) is 0 Å². The Bertz CT molecular complexity index is 471. The van der Waals surface area contributed by atoms with Gasteiger partial charge >= 0.3 is 0 Å². The molecule has 0 amide bonds. The first kappa shape index (κ1) is 15.5. The van der Waals surface area contributed by atoms with E-state index in [-0.39, 0.29) is 11.7 Å². The van der Waals surface area contributed by atoms with Gasteiger partial charge in [-0.1, -0.05) is 33.3 Å². The highest BCUT2D eigenvalue weighted by molar-refractivity contribution is 5.37. The standard InChI is InChI=1S/C18H27FO/c1-11(2)15-7-6-12(3)10-18(15,20)17-14(5)8-13(4)9-16(17)19/h8-9,11-12,15,20H,6-7,10H2,1-5H3. The second-order valence-electron chi connectivity index (χ2n) is 7.10.